The van der Waals surface area contributed by atoms with Gasteiger partial charge in [0.1, 0.15) is 0 Å². The highest BCUT2D eigenvalue weighted by molar-refractivity contribution is 7.12. The normalized spacial score (nSPS) is 10.8. The summed E-state index contributed by atoms with van der Waals surface area (Å²) >= 11 is 1.56. The molecule has 84 valence electrons. The Bertz CT molecular complexity index is 517. The number of benzene rings is 1. The van der Waals surface area contributed by atoms with Gasteiger partial charge in [0, 0.05) is 5.56 Å². The molecule has 2 rings (SSSR count). The Kier molecular flexibility index (Phi) is 3.08. The van der Waals surface area contributed by atoms with Crippen molar-refractivity contribution in [1.29, 1.82) is 0 Å². The number of nitrogens with zero attached hydrogens (tertiary/aromatic N) is 1. The molecular weight excluding hydrogens is 218 g/mol. The van der Waals surface area contributed by atoms with E-state index in [0.29, 0.717) is 0 Å². The smallest absolute Gasteiger partial charge is 0.0905 e. The maximum atomic E-state index is 9.31. The van der Waals surface area contributed by atoms with E-state index in [1.54, 1.807) is 11.3 Å². The zero-order valence-electron chi connectivity index (χ0n) is 9.74. The summed E-state index contributed by atoms with van der Waals surface area (Å²) in [6.45, 7) is 6.19. The van der Waals surface area contributed by atoms with Crippen molar-refractivity contribution in [3.63, 3.8) is 0 Å². The van der Waals surface area contributed by atoms with E-state index in [0.717, 1.165) is 21.1 Å². The lowest BCUT2D eigenvalue weighted by Crippen LogP contribution is -1.89. The predicted octanol–water partition coefficient (Wildman–Crippen LogP) is 3.23. The molecule has 3 heteroatoms. The summed E-state index contributed by atoms with van der Waals surface area (Å²) < 4.78 is 0. The molecule has 1 aromatic carbocycles. The molecule has 0 saturated heterocycles. The van der Waals surface area contributed by atoms with E-state index in [1.807, 2.05) is 6.92 Å². The van der Waals surface area contributed by atoms with Crippen LogP contribution in [0.15, 0.2) is 18.2 Å². The van der Waals surface area contributed by atoms with Gasteiger partial charge in [-0.15, -0.1) is 11.3 Å². The zero-order chi connectivity index (χ0) is 11.7. The van der Waals surface area contributed by atoms with E-state index >= 15 is 0 Å². The third kappa shape index (κ3) is 2.01. The summed E-state index contributed by atoms with van der Waals surface area (Å²) in [5, 5.41) is 10.3. The molecule has 0 fully saturated rings. The molecule has 1 aromatic heterocycles. The van der Waals surface area contributed by atoms with Gasteiger partial charge < -0.3 is 5.11 Å². The largest absolute Gasteiger partial charge is 0.391 e. The van der Waals surface area contributed by atoms with Crippen LogP contribution in [0.3, 0.4) is 0 Å². The molecule has 0 aliphatic carbocycles. The molecule has 0 unspecified atom stereocenters. The number of aryl methyl sites for hydroxylation is 3. The molecule has 2 nitrogen and oxygen atoms in total. The van der Waals surface area contributed by atoms with Gasteiger partial charge in [-0.25, -0.2) is 4.98 Å². The van der Waals surface area contributed by atoms with Crippen molar-refractivity contribution < 1.29 is 5.11 Å². The highest BCUT2D eigenvalue weighted by Crippen LogP contribution is 2.30. The maximum Gasteiger partial charge on any atom is 0.0905 e. The van der Waals surface area contributed by atoms with Crippen molar-refractivity contribution >= 4 is 11.3 Å². The van der Waals surface area contributed by atoms with E-state index in [1.165, 1.54) is 11.1 Å². The van der Waals surface area contributed by atoms with E-state index in [2.05, 4.69) is 37.0 Å². The fraction of sp³-hybridized carbons (Fsp3) is 0.308. The van der Waals surface area contributed by atoms with E-state index in [4.69, 9.17) is 0 Å². The number of rotatable bonds is 2. The van der Waals surface area contributed by atoms with Crippen molar-refractivity contribution in [2.24, 2.45) is 0 Å². The van der Waals surface area contributed by atoms with Gasteiger partial charge in [-0.3, -0.25) is 0 Å². The quantitative estimate of drug-likeness (QED) is 0.864. The fourth-order valence-electron chi connectivity index (χ4n) is 1.87. The molecule has 0 radical (unpaired) electrons. The first-order valence-corrected chi connectivity index (χ1v) is 6.08. The lowest BCUT2D eigenvalue weighted by Gasteiger charge is -2.05. The van der Waals surface area contributed by atoms with Gasteiger partial charge >= 0.3 is 0 Å². The highest BCUT2D eigenvalue weighted by atomic mass is 32.1. The molecule has 0 saturated carbocycles. The van der Waals surface area contributed by atoms with Crippen LogP contribution in [0.4, 0.5) is 0 Å². The van der Waals surface area contributed by atoms with Gasteiger partial charge in [-0.05, 0) is 26.3 Å². The Morgan fingerprint density at radius 1 is 1.25 bits per heavy atom. The molecule has 0 bridgehead atoms. The predicted molar refractivity (Wildman–Crippen MR) is 67.7 cm³/mol. The van der Waals surface area contributed by atoms with E-state index in [-0.39, 0.29) is 6.61 Å². The van der Waals surface area contributed by atoms with Crippen molar-refractivity contribution in [3.8, 4) is 11.3 Å². The lowest BCUT2D eigenvalue weighted by molar-refractivity contribution is 0.286. The van der Waals surface area contributed by atoms with Crippen LogP contribution >= 0.6 is 11.3 Å². The first kappa shape index (κ1) is 11.3. The van der Waals surface area contributed by atoms with Crippen LogP contribution in [-0.4, -0.2) is 10.1 Å². The van der Waals surface area contributed by atoms with Crippen LogP contribution < -0.4 is 0 Å². The van der Waals surface area contributed by atoms with Crippen LogP contribution in [0, 0.1) is 20.8 Å². The Hall–Kier alpha value is -1.19. The average molecular weight is 233 g/mol. The second kappa shape index (κ2) is 4.36. The molecule has 0 aliphatic rings. The monoisotopic (exact) mass is 233 g/mol. The standard InChI is InChI=1S/C13H15NOS/c1-8-4-5-11(9(2)6-8)13-12(7-15)16-10(3)14-13/h4-6,15H,7H2,1-3H3. The topological polar surface area (TPSA) is 33.1 Å². The summed E-state index contributed by atoms with van der Waals surface area (Å²) in [6.07, 6.45) is 0. The summed E-state index contributed by atoms with van der Waals surface area (Å²) in [7, 11) is 0. The van der Waals surface area contributed by atoms with Crippen molar-refractivity contribution in [2.45, 2.75) is 27.4 Å². The zero-order valence-corrected chi connectivity index (χ0v) is 10.6. The summed E-state index contributed by atoms with van der Waals surface area (Å²) in [6, 6.07) is 6.31. The SMILES string of the molecule is Cc1ccc(-c2nc(C)sc2CO)c(C)c1. The van der Waals surface area contributed by atoms with Gasteiger partial charge in [-0.2, -0.15) is 0 Å². The molecule has 1 heterocycles. The number of aliphatic hydroxyl groups excluding tert-OH is 1. The minimum absolute atomic E-state index is 0.0636. The van der Waals surface area contributed by atoms with Crippen molar-refractivity contribution in [1.82, 2.24) is 4.98 Å². The van der Waals surface area contributed by atoms with E-state index < -0.39 is 0 Å². The third-order valence-corrected chi connectivity index (χ3v) is 3.54. The number of thiazole rings is 1. The van der Waals surface area contributed by atoms with E-state index in [9.17, 15) is 5.11 Å². The van der Waals surface area contributed by atoms with Crippen molar-refractivity contribution in [3.05, 3.63) is 39.2 Å². The van der Waals surface area contributed by atoms with Gasteiger partial charge in [0.05, 0.1) is 22.2 Å². The van der Waals surface area contributed by atoms with Gasteiger partial charge in [0.2, 0.25) is 0 Å². The Morgan fingerprint density at radius 3 is 2.62 bits per heavy atom. The third-order valence-electron chi connectivity index (χ3n) is 2.58. The maximum absolute atomic E-state index is 9.31. The highest BCUT2D eigenvalue weighted by Gasteiger charge is 2.12. The van der Waals surface area contributed by atoms with Crippen molar-refractivity contribution in [2.75, 3.05) is 0 Å². The van der Waals surface area contributed by atoms with Gasteiger partial charge in [0.15, 0.2) is 0 Å². The van der Waals surface area contributed by atoms with Crippen LogP contribution in [0.5, 0.6) is 0 Å². The van der Waals surface area contributed by atoms with Crippen LogP contribution in [0.25, 0.3) is 11.3 Å². The number of hydrogen-bond donors (Lipinski definition) is 1. The average Bonchev–Trinajstić information content (AvgIpc) is 2.59. The van der Waals surface area contributed by atoms with Crippen LogP contribution in [-0.2, 0) is 6.61 Å². The minimum atomic E-state index is 0.0636. The summed E-state index contributed by atoms with van der Waals surface area (Å²) in [4.78, 5) is 5.45. The summed E-state index contributed by atoms with van der Waals surface area (Å²) in [5.41, 5.74) is 4.51. The minimum Gasteiger partial charge on any atom is -0.391 e. The molecule has 0 spiro atoms. The van der Waals surface area contributed by atoms with Crippen LogP contribution in [0.2, 0.25) is 0 Å². The fourth-order valence-corrected chi connectivity index (χ4v) is 2.68. The number of hydrogen-bond acceptors (Lipinski definition) is 3. The molecule has 0 aliphatic heterocycles. The number of aromatic nitrogens is 1. The molecular formula is C13H15NOS. The Balaban J connectivity index is 2.57. The molecule has 16 heavy (non-hydrogen) atoms. The second-order valence-electron chi connectivity index (χ2n) is 3.98. The first-order valence-electron chi connectivity index (χ1n) is 5.26. The molecule has 0 atom stereocenters. The second-order valence-corrected chi connectivity index (χ2v) is 5.27. The van der Waals surface area contributed by atoms with Gasteiger partial charge in [0.25, 0.3) is 0 Å². The molecule has 0 amide bonds. The number of aliphatic hydroxyl groups is 1. The van der Waals surface area contributed by atoms with Crippen LogP contribution in [0.1, 0.15) is 21.0 Å². The molecule has 1 N–H and O–H groups in total. The molecule has 2 aromatic rings. The Labute approximate surface area is 99.6 Å². The Morgan fingerprint density at radius 2 is 2.00 bits per heavy atom. The lowest BCUT2D eigenvalue weighted by atomic mass is 10.0. The summed E-state index contributed by atoms with van der Waals surface area (Å²) in [5.74, 6) is 0. The first-order chi connectivity index (χ1) is 7.61. The van der Waals surface area contributed by atoms with Gasteiger partial charge in [-0.1, -0.05) is 23.8 Å².